The van der Waals surface area contributed by atoms with Crippen molar-refractivity contribution in [3.63, 3.8) is 0 Å². The molecule has 1 N–H and O–H groups in total. The van der Waals surface area contributed by atoms with Crippen molar-refractivity contribution in [2.24, 2.45) is 0 Å². The van der Waals surface area contributed by atoms with Gasteiger partial charge in [0.2, 0.25) is 0 Å². The van der Waals surface area contributed by atoms with Crippen molar-refractivity contribution in [3.8, 4) is 5.75 Å². The summed E-state index contributed by atoms with van der Waals surface area (Å²) < 4.78 is 16.7. The number of nitrogens with zero attached hydrogens (tertiary/aromatic N) is 1. The number of aliphatic hydroxyl groups is 1. The zero-order valence-electron chi connectivity index (χ0n) is 14.5. The summed E-state index contributed by atoms with van der Waals surface area (Å²) in [6, 6.07) is 8.29. The lowest BCUT2D eigenvalue weighted by Crippen LogP contribution is -2.54. The Hall–Kier alpha value is -1.14. The summed E-state index contributed by atoms with van der Waals surface area (Å²) in [5, 5.41) is 10.3. The molecule has 0 radical (unpaired) electrons. The fraction of sp³-hybridized carbons (Fsp3) is 0.684. The molecule has 1 saturated heterocycles. The van der Waals surface area contributed by atoms with Gasteiger partial charge in [-0.05, 0) is 30.5 Å². The largest absolute Gasteiger partial charge is 0.497 e. The van der Waals surface area contributed by atoms with Gasteiger partial charge in [-0.2, -0.15) is 0 Å². The lowest BCUT2D eigenvalue weighted by Gasteiger charge is -2.44. The Bertz CT molecular complexity index is 491. The number of β-amino-alcohol motifs (C(OH)–C–C–N with tert-alkyl or cyclic N) is 1. The fourth-order valence-electron chi connectivity index (χ4n) is 3.76. The average Bonchev–Trinajstić information content (AvgIpc) is 2.63. The Balaban J connectivity index is 1.40. The molecule has 0 aromatic heterocycles. The van der Waals surface area contributed by atoms with E-state index in [0.29, 0.717) is 31.9 Å². The van der Waals surface area contributed by atoms with Gasteiger partial charge in [0.15, 0.2) is 0 Å². The Morgan fingerprint density at radius 3 is 2.83 bits per heavy atom. The molecule has 1 aliphatic heterocycles. The Morgan fingerprint density at radius 2 is 2.04 bits per heavy atom. The minimum atomic E-state index is -0.455. The van der Waals surface area contributed by atoms with E-state index in [1.54, 1.807) is 7.11 Å². The fourth-order valence-corrected chi connectivity index (χ4v) is 3.76. The van der Waals surface area contributed by atoms with E-state index in [4.69, 9.17) is 14.2 Å². The first-order valence-electron chi connectivity index (χ1n) is 9.00. The van der Waals surface area contributed by atoms with E-state index in [1.807, 2.05) is 24.3 Å². The zero-order chi connectivity index (χ0) is 16.8. The van der Waals surface area contributed by atoms with Gasteiger partial charge < -0.3 is 19.3 Å². The van der Waals surface area contributed by atoms with Crippen LogP contribution in [-0.4, -0.2) is 61.7 Å². The number of ether oxygens (including phenoxy) is 3. The molecule has 5 heteroatoms. The van der Waals surface area contributed by atoms with Crippen LogP contribution in [0.2, 0.25) is 0 Å². The maximum absolute atomic E-state index is 10.3. The number of hydrogen-bond acceptors (Lipinski definition) is 5. The number of benzene rings is 1. The first kappa shape index (κ1) is 17.7. The summed E-state index contributed by atoms with van der Waals surface area (Å²) in [4.78, 5) is 2.40. The van der Waals surface area contributed by atoms with Gasteiger partial charge in [0.1, 0.15) is 5.75 Å². The standard InChI is InChI=1S/C19H29NO4/c1-22-17-8-6-15(7-9-17)13-23-14-16(21)12-20-10-11-24-19-5-3-2-4-18(19)20/h6-9,16,18-19,21H,2-5,10-14H2,1H3/t16-,18+,19+/m1/s1. The molecule has 2 aliphatic rings. The number of fused-ring (bicyclic) bond motifs is 1. The topological polar surface area (TPSA) is 51.2 Å². The van der Waals surface area contributed by atoms with Crippen LogP contribution < -0.4 is 4.74 Å². The summed E-state index contributed by atoms with van der Waals surface area (Å²) in [6.07, 6.45) is 4.78. The van der Waals surface area contributed by atoms with E-state index < -0.39 is 6.10 Å². The SMILES string of the molecule is COc1ccc(COC[C@H](O)CN2CCO[C@H]3CCCC[C@@H]32)cc1. The van der Waals surface area contributed by atoms with E-state index in [0.717, 1.165) is 30.9 Å². The Labute approximate surface area is 144 Å². The van der Waals surface area contributed by atoms with Gasteiger partial charge in [-0.25, -0.2) is 0 Å². The molecule has 1 aromatic carbocycles. The minimum Gasteiger partial charge on any atom is -0.497 e. The van der Waals surface area contributed by atoms with E-state index in [2.05, 4.69) is 4.90 Å². The molecule has 1 aromatic rings. The average molecular weight is 335 g/mol. The summed E-state index contributed by atoms with van der Waals surface area (Å²) in [5.41, 5.74) is 1.08. The van der Waals surface area contributed by atoms with Crippen molar-refractivity contribution in [1.82, 2.24) is 4.90 Å². The number of aliphatic hydroxyl groups excluding tert-OH is 1. The predicted molar refractivity (Wildman–Crippen MR) is 92.2 cm³/mol. The third-order valence-corrected chi connectivity index (χ3v) is 5.03. The lowest BCUT2D eigenvalue weighted by molar-refractivity contribution is -0.103. The molecule has 5 nitrogen and oxygen atoms in total. The van der Waals surface area contributed by atoms with Crippen LogP contribution >= 0.6 is 0 Å². The van der Waals surface area contributed by atoms with Gasteiger partial charge in [-0.15, -0.1) is 0 Å². The van der Waals surface area contributed by atoms with Crippen molar-refractivity contribution in [3.05, 3.63) is 29.8 Å². The van der Waals surface area contributed by atoms with Crippen LogP contribution in [0, 0.1) is 0 Å². The quantitative estimate of drug-likeness (QED) is 0.828. The highest BCUT2D eigenvalue weighted by Gasteiger charge is 2.34. The highest BCUT2D eigenvalue weighted by molar-refractivity contribution is 5.26. The van der Waals surface area contributed by atoms with Crippen molar-refractivity contribution in [2.45, 2.75) is 50.5 Å². The van der Waals surface area contributed by atoms with Gasteiger partial charge in [-0.3, -0.25) is 4.90 Å². The molecule has 1 saturated carbocycles. The highest BCUT2D eigenvalue weighted by atomic mass is 16.5. The van der Waals surface area contributed by atoms with Crippen molar-refractivity contribution < 1.29 is 19.3 Å². The van der Waals surface area contributed by atoms with Gasteiger partial charge >= 0.3 is 0 Å². The molecule has 1 aliphatic carbocycles. The van der Waals surface area contributed by atoms with Crippen molar-refractivity contribution >= 4 is 0 Å². The molecule has 3 rings (SSSR count). The van der Waals surface area contributed by atoms with E-state index in [-0.39, 0.29) is 0 Å². The normalized spacial score (nSPS) is 25.9. The van der Waals surface area contributed by atoms with Crippen molar-refractivity contribution in [2.75, 3.05) is 33.4 Å². The molecule has 0 unspecified atom stereocenters. The smallest absolute Gasteiger partial charge is 0.118 e. The highest BCUT2D eigenvalue weighted by Crippen LogP contribution is 2.28. The first-order valence-corrected chi connectivity index (χ1v) is 9.00. The van der Waals surface area contributed by atoms with Crippen LogP contribution in [-0.2, 0) is 16.1 Å². The van der Waals surface area contributed by atoms with Gasteiger partial charge in [-0.1, -0.05) is 25.0 Å². The second kappa shape index (κ2) is 8.81. The zero-order valence-corrected chi connectivity index (χ0v) is 14.5. The van der Waals surface area contributed by atoms with Crippen LogP contribution in [0.25, 0.3) is 0 Å². The number of methoxy groups -OCH3 is 1. The summed E-state index contributed by atoms with van der Waals surface area (Å²) in [6.45, 7) is 3.24. The Kier molecular flexibility index (Phi) is 6.49. The van der Waals surface area contributed by atoms with Crippen molar-refractivity contribution in [1.29, 1.82) is 0 Å². The van der Waals surface area contributed by atoms with Crippen LogP contribution in [0.3, 0.4) is 0 Å². The first-order chi connectivity index (χ1) is 11.8. The van der Waals surface area contributed by atoms with E-state index >= 15 is 0 Å². The monoisotopic (exact) mass is 335 g/mol. The molecular formula is C19H29NO4. The number of rotatable bonds is 7. The molecule has 1 heterocycles. The third kappa shape index (κ3) is 4.70. The predicted octanol–water partition coefficient (Wildman–Crippen LogP) is 2.22. The van der Waals surface area contributed by atoms with Gasteiger partial charge in [0, 0.05) is 19.1 Å². The molecule has 3 atom stereocenters. The molecule has 134 valence electrons. The van der Waals surface area contributed by atoms with Gasteiger partial charge in [0.25, 0.3) is 0 Å². The molecule has 2 fully saturated rings. The summed E-state index contributed by atoms with van der Waals surface area (Å²) in [5.74, 6) is 0.841. The molecule has 0 spiro atoms. The van der Waals surface area contributed by atoms with Crippen LogP contribution in [0.5, 0.6) is 5.75 Å². The van der Waals surface area contributed by atoms with Crippen LogP contribution in [0.15, 0.2) is 24.3 Å². The lowest BCUT2D eigenvalue weighted by atomic mass is 9.90. The minimum absolute atomic E-state index is 0.361. The van der Waals surface area contributed by atoms with E-state index in [9.17, 15) is 5.11 Å². The molecular weight excluding hydrogens is 306 g/mol. The maximum atomic E-state index is 10.3. The molecule has 0 amide bonds. The molecule has 24 heavy (non-hydrogen) atoms. The van der Waals surface area contributed by atoms with Crippen LogP contribution in [0.1, 0.15) is 31.2 Å². The number of hydrogen-bond donors (Lipinski definition) is 1. The maximum Gasteiger partial charge on any atom is 0.118 e. The summed E-state index contributed by atoms with van der Waals surface area (Å²) >= 11 is 0. The third-order valence-electron chi connectivity index (χ3n) is 5.03. The second-order valence-corrected chi connectivity index (χ2v) is 6.77. The van der Waals surface area contributed by atoms with E-state index in [1.165, 1.54) is 19.3 Å². The second-order valence-electron chi connectivity index (χ2n) is 6.77. The number of morpholine rings is 1. The van der Waals surface area contributed by atoms with Gasteiger partial charge in [0.05, 0.1) is 39.1 Å². The van der Waals surface area contributed by atoms with Crippen LogP contribution in [0.4, 0.5) is 0 Å². The Morgan fingerprint density at radius 1 is 1.25 bits per heavy atom. The summed E-state index contributed by atoms with van der Waals surface area (Å²) in [7, 11) is 1.66. The molecule has 0 bridgehead atoms.